The number of hydrogen-bond donors (Lipinski definition) is 0. The number of ether oxygens (including phenoxy) is 1. The number of amides is 1. The smallest absolute Gasteiger partial charge is 0.253 e. The van der Waals surface area contributed by atoms with Gasteiger partial charge in [-0.05, 0) is 45.0 Å². The first kappa shape index (κ1) is 23.5. The Morgan fingerprint density at radius 2 is 1.87 bits per heavy atom. The van der Waals surface area contributed by atoms with E-state index in [1.54, 1.807) is 4.90 Å². The maximum atomic E-state index is 12.9. The second-order valence-corrected chi connectivity index (χ2v) is 10.0. The van der Waals surface area contributed by atoms with Gasteiger partial charge in [0.15, 0.2) is 0 Å². The van der Waals surface area contributed by atoms with Crippen LogP contribution >= 0.6 is 0 Å². The summed E-state index contributed by atoms with van der Waals surface area (Å²) in [5, 5.41) is 0. The van der Waals surface area contributed by atoms with Crippen LogP contribution in [0.15, 0.2) is 30.5 Å². The van der Waals surface area contributed by atoms with Crippen molar-refractivity contribution in [2.24, 2.45) is 5.92 Å². The number of carbonyl (C=O) groups is 1. The van der Waals surface area contributed by atoms with Crippen molar-refractivity contribution in [1.29, 1.82) is 0 Å². The third-order valence-corrected chi connectivity index (χ3v) is 5.88. The van der Waals surface area contributed by atoms with Gasteiger partial charge in [0.1, 0.15) is 5.82 Å². The molecule has 2 heterocycles. The molecular weight excluding hydrogens is 388 g/mol. The van der Waals surface area contributed by atoms with Gasteiger partial charge >= 0.3 is 0 Å². The fourth-order valence-corrected chi connectivity index (χ4v) is 3.98. The average Bonchev–Trinajstić information content (AvgIpc) is 3.16. The molecule has 6 nitrogen and oxygen atoms in total. The topological polar surface area (TPSA) is 50.6 Å². The van der Waals surface area contributed by atoms with Crippen LogP contribution in [0.5, 0.6) is 0 Å². The molecule has 2 aromatic rings. The van der Waals surface area contributed by atoms with Crippen molar-refractivity contribution in [3.63, 3.8) is 0 Å². The van der Waals surface area contributed by atoms with Gasteiger partial charge in [-0.25, -0.2) is 4.98 Å². The molecule has 1 amide bonds. The fraction of sp³-hybridized carbons (Fsp3) is 0.600. The van der Waals surface area contributed by atoms with Crippen molar-refractivity contribution in [3.05, 3.63) is 41.9 Å². The molecule has 1 saturated heterocycles. The van der Waals surface area contributed by atoms with Crippen molar-refractivity contribution in [3.8, 4) is 11.3 Å². The summed E-state index contributed by atoms with van der Waals surface area (Å²) < 4.78 is 7.85. The largest absolute Gasteiger partial charge is 0.381 e. The number of rotatable bonds is 7. The lowest BCUT2D eigenvalue weighted by atomic mass is 9.94. The lowest BCUT2D eigenvalue weighted by molar-refractivity contribution is 0.0607. The second-order valence-electron chi connectivity index (χ2n) is 10.0. The van der Waals surface area contributed by atoms with Crippen LogP contribution in [0.2, 0.25) is 0 Å². The summed E-state index contributed by atoms with van der Waals surface area (Å²) in [5.41, 5.74) is 2.57. The Bertz CT molecular complexity index is 876. The summed E-state index contributed by atoms with van der Waals surface area (Å²) >= 11 is 0. The maximum Gasteiger partial charge on any atom is 0.253 e. The summed E-state index contributed by atoms with van der Waals surface area (Å²) in [5.74, 6) is 1.75. The predicted molar refractivity (Wildman–Crippen MR) is 125 cm³/mol. The SMILES string of the molecule is CN(C)CCN(C)C(=O)c1cccc(-c2cn(CC3CCOCC3)c(C(C)(C)C)n2)c1. The first-order valence-corrected chi connectivity index (χ1v) is 11.3. The molecule has 0 atom stereocenters. The minimum absolute atomic E-state index is 0.0429. The van der Waals surface area contributed by atoms with Gasteiger partial charge in [-0.2, -0.15) is 0 Å². The molecule has 31 heavy (non-hydrogen) atoms. The van der Waals surface area contributed by atoms with Crippen molar-refractivity contribution in [1.82, 2.24) is 19.4 Å². The van der Waals surface area contributed by atoms with Gasteiger partial charge in [-0.1, -0.05) is 32.9 Å². The summed E-state index contributed by atoms with van der Waals surface area (Å²) in [6.07, 6.45) is 4.36. The molecule has 0 spiro atoms. The fourth-order valence-electron chi connectivity index (χ4n) is 3.98. The summed E-state index contributed by atoms with van der Waals surface area (Å²) in [6.45, 7) is 10.8. The number of benzene rings is 1. The molecule has 1 aromatic heterocycles. The van der Waals surface area contributed by atoms with Gasteiger partial charge in [0, 0.05) is 62.6 Å². The Labute approximate surface area is 187 Å². The highest BCUT2D eigenvalue weighted by Crippen LogP contribution is 2.29. The van der Waals surface area contributed by atoms with E-state index in [2.05, 4.69) is 36.4 Å². The molecule has 1 aliphatic heterocycles. The van der Waals surface area contributed by atoms with Crippen LogP contribution in [-0.2, 0) is 16.7 Å². The Hall–Kier alpha value is -2.18. The molecule has 0 bridgehead atoms. The quantitative estimate of drug-likeness (QED) is 0.674. The van der Waals surface area contributed by atoms with E-state index in [1.165, 1.54) is 0 Å². The number of aromatic nitrogens is 2. The molecule has 1 aromatic carbocycles. The highest BCUT2D eigenvalue weighted by molar-refractivity contribution is 5.95. The van der Waals surface area contributed by atoms with E-state index in [-0.39, 0.29) is 11.3 Å². The lowest BCUT2D eigenvalue weighted by Crippen LogP contribution is -2.33. The van der Waals surface area contributed by atoms with E-state index in [9.17, 15) is 4.79 Å². The minimum atomic E-state index is -0.0523. The van der Waals surface area contributed by atoms with Crippen LogP contribution in [0.3, 0.4) is 0 Å². The van der Waals surface area contributed by atoms with E-state index < -0.39 is 0 Å². The van der Waals surface area contributed by atoms with Crippen molar-refractivity contribution in [2.45, 2.75) is 45.6 Å². The number of hydrogen-bond acceptors (Lipinski definition) is 4. The van der Waals surface area contributed by atoms with Gasteiger partial charge in [0.25, 0.3) is 5.91 Å². The lowest BCUT2D eigenvalue weighted by Gasteiger charge is -2.25. The minimum Gasteiger partial charge on any atom is -0.381 e. The van der Waals surface area contributed by atoms with Crippen LogP contribution in [0.25, 0.3) is 11.3 Å². The molecule has 6 heteroatoms. The number of likely N-dealkylation sites (N-methyl/N-ethyl adjacent to an activating group) is 2. The maximum absolute atomic E-state index is 12.9. The number of carbonyl (C=O) groups excluding carboxylic acids is 1. The Balaban J connectivity index is 1.85. The molecular formula is C25H38N4O2. The number of imidazole rings is 1. The molecule has 0 N–H and O–H groups in total. The molecule has 0 aliphatic carbocycles. The van der Waals surface area contributed by atoms with Gasteiger partial charge in [0.05, 0.1) is 5.69 Å². The molecule has 1 aliphatic rings. The zero-order valence-electron chi connectivity index (χ0n) is 20.0. The van der Waals surface area contributed by atoms with Crippen LogP contribution in [0, 0.1) is 5.92 Å². The second kappa shape index (κ2) is 9.96. The van der Waals surface area contributed by atoms with E-state index in [0.717, 1.165) is 56.2 Å². The highest BCUT2D eigenvalue weighted by atomic mass is 16.5. The standard InChI is InChI=1S/C25H38N4O2/c1-25(2,3)24-26-22(18-29(24)17-19-10-14-31-15-11-19)20-8-7-9-21(16-20)23(30)28(6)13-12-27(4)5/h7-9,16,18-19H,10-15,17H2,1-6H3. The van der Waals surface area contributed by atoms with Crippen LogP contribution in [-0.4, -0.2) is 72.7 Å². The Morgan fingerprint density at radius 3 is 2.52 bits per heavy atom. The first-order chi connectivity index (χ1) is 14.6. The van der Waals surface area contributed by atoms with Crippen LogP contribution < -0.4 is 0 Å². The van der Waals surface area contributed by atoms with Crippen LogP contribution in [0.1, 0.15) is 49.8 Å². The summed E-state index contributed by atoms with van der Waals surface area (Å²) in [4.78, 5) is 21.8. The van der Waals surface area contributed by atoms with Crippen LogP contribution in [0.4, 0.5) is 0 Å². The van der Waals surface area contributed by atoms with Gasteiger partial charge in [-0.15, -0.1) is 0 Å². The van der Waals surface area contributed by atoms with Crippen molar-refractivity contribution < 1.29 is 9.53 Å². The molecule has 170 valence electrons. The van der Waals surface area contributed by atoms with Crippen molar-refractivity contribution >= 4 is 5.91 Å². The monoisotopic (exact) mass is 426 g/mol. The van der Waals surface area contributed by atoms with Crippen molar-refractivity contribution in [2.75, 3.05) is 47.4 Å². The van der Waals surface area contributed by atoms with E-state index in [4.69, 9.17) is 9.72 Å². The zero-order valence-corrected chi connectivity index (χ0v) is 20.0. The van der Waals surface area contributed by atoms with Gasteiger partial charge in [-0.3, -0.25) is 4.79 Å². The molecule has 3 rings (SSSR count). The van der Waals surface area contributed by atoms with E-state index >= 15 is 0 Å². The van der Waals surface area contributed by atoms with Gasteiger partial charge < -0.3 is 19.1 Å². The van der Waals surface area contributed by atoms with E-state index in [1.807, 2.05) is 45.4 Å². The first-order valence-electron chi connectivity index (χ1n) is 11.3. The number of nitrogens with zero attached hydrogens (tertiary/aromatic N) is 4. The third kappa shape index (κ3) is 6.17. The summed E-state index contributed by atoms with van der Waals surface area (Å²) in [6, 6.07) is 7.87. The van der Waals surface area contributed by atoms with E-state index in [0.29, 0.717) is 18.0 Å². The highest BCUT2D eigenvalue weighted by Gasteiger charge is 2.25. The molecule has 0 unspecified atom stereocenters. The Kier molecular flexibility index (Phi) is 7.55. The Morgan fingerprint density at radius 1 is 1.16 bits per heavy atom. The molecule has 0 radical (unpaired) electrons. The normalized spacial score (nSPS) is 15.5. The van der Waals surface area contributed by atoms with Gasteiger partial charge in [0.2, 0.25) is 0 Å². The molecule has 0 saturated carbocycles. The summed E-state index contributed by atoms with van der Waals surface area (Å²) in [7, 11) is 5.89. The molecule has 1 fully saturated rings. The average molecular weight is 427 g/mol. The predicted octanol–water partition coefficient (Wildman–Crippen LogP) is 3.91. The third-order valence-electron chi connectivity index (χ3n) is 5.88. The zero-order chi connectivity index (χ0) is 22.6.